The molecule has 0 aliphatic heterocycles. The predicted octanol–water partition coefficient (Wildman–Crippen LogP) is 4.08. The van der Waals surface area contributed by atoms with Crippen LogP contribution in [0, 0.1) is 5.92 Å². The highest BCUT2D eigenvalue weighted by atomic mass is 79.9. The Hall–Kier alpha value is 0.140. The molecule has 1 rings (SSSR count). The Morgan fingerprint density at radius 2 is 2.20 bits per heavy atom. The predicted molar refractivity (Wildman–Crippen MR) is 72.6 cm³/mol. The molecule has 0 aliphatic rings. The Labute approximate surface area is 105 Å². The van der Waals surface area contributed by atoms with E-state index >= 15 is 0 Å². The molecular weight excluding hydrogens is 270 g/mol. The van der Waals surface area contributed by atoms with E-state index in [2.05, 4.69) is 53.5 Å². The lowest BCUT2D eigenvalue weighted by atomic mass is 9.99. The van der Waals surface area contributed by atoms with Gasteiger partial charge in [0.25, 0.3) is 0 Å². The molecule has 0 spiro atoms. The molecule has 0 aromatic carbocycles. The third kappa shape index (κ3) is 4.66. The zero-order valence-corrected chi connectivity index (χ0v) is 12.1. The molecule has 1 aromatic heterocycles. The van der Waals surface area contributed by atoms with Crippen LogP contribution in [0.5, 0.6) is 0 Å². The van der Waals surface area contributed by atoms with Crippen molar-refractivity contribution in [3.63, 3.8) is 0 Å². The molecule has 0 fully saturated rings. The molecule has 1 N–H and O–H groups in total. The van der Waals surface area contributed by atoms with Gasteiger partial charge in [0.1, 0.15) is 0 Å². The fraction of sp³-hybridized carbons (Fsp3) is 0.667. The van der Waals surface area contributed by atoms with Crippen molar-refractivity contribution in [3.8, 4) is 0 Å². The first-order valence-corrected chi connectivity index (χ1v) is 7.27. The summed E-state index contributed by atoms with van der Waals surface area (Å²) in [6.45, 7) is 7.82. The first-order valence-electron chi connectivity index (χ1n) is 5.59. The molecule has 0 bridgehead atoms. The molecule has 1 heterocycles. The van der Waals surface area contributed by atoms with Crippen LogP contribution in [0.4, 0.5) is 0 Å². The van der Waals surface area contributed by atoms with Gasteiger partial charge >= 0.3 is 0 Å². The highest BCUT2D eigenvalue weighted by Gasteiger charge is 2.12. The average Bonchev–Trinajstić information content (AvgIpc) is 2.58. The van der Waals surface area contributed by atoms with Crippen molar-refractivity contribution < 1.29 is 0 Å². The lowest BCUT2D eigenvalue weighted by molar-refractivity contribution is 0.386. The lowest BCUT2D eigenvalue weighted by Crippen LogP contribution is -2.33. The minimum atomic E-state index is 0.649. The van der Waals surface area contributed by atoms with Crippen LogP contribution in [0.1, 0.15) is 32.1 Å². The van der Waals surface area contributed by atoms with E-state index < -0.39 is 0 Å². The summed E-state index contributed by atoms with van der Waals surface area (Å²) in [6.07, 6.45) is 2.42. The molecule has 86 valence electrons. The Balaban J connectivity index is 2.39. The van der Waals surface area contributed by atoms with Crippen LogP contribution in [0.15, 0.2) is 15.9 Å². The first kappa shape index (κ1) is 13.2. The van der Waals surface area contributed by atoms with Crippen LogP contribution >= 0.6 is 27.3 Å². The molecule has 0 amide bonds. The largest absolute Gasteiger partial charge is 0.314 e. The van der Waals surface area contributed by atoms with Crippen molar-refractivity contribution in [1.29, 1.82) is 0 Å². The summed E-state index contributed by atoms with van der Waals surface area (Å²) >= 11 is 5.34. The standard InChI is InChI=1S/C12H20BrNS/c1-4-14-12(9(2)3)6-5-11-7-10(13)8-15-11/h7-9,12,14H,4-6H2,1-3H3. The number of aryl methyl sites for hydroxylation is 1. The maximum atomic E-state index is 3.55. The van der Waals surface area contributed by atoms with Crippen LogP contribution in [-0.4, -0.2) is 12.6 Å². The molecule has 1 unspecified atom stereocenters. The van der Waals surface area contributed by atoms with Crippen LogP contribution in [-0.2, 0) is 6.42 Å². The van der Waals surface area contributed by atoms with Gasteiger partial charge in [-0.05, 0) is 47.3 Å². The number of hydrogen-bond acceptors (Lipinski definition) is 2. The number of rotatable bonds is 6. The molecular formula is C12H20BrNS. The van der Waals surface area contributed by atoms with E-state index in [0.717, 1.165) is 6.54 Å². The van der Waals surface area contributed by atoms with Crippen molar-refractivity contribution in [2.45, 2.75) is 39.7 Å². The van der Waals surface area contributed by atoms with Crippen LogP contribution in [0.3, 0.4) is 0 Å². The maximum Gasteiger partial charge on any atom is 0.0285 e. The SMILES string of the molecule is CCNC(CCc1cc(Br)cs1)C(C)C. The van der Waals surface area contributed by atoms with E-state index in [1.807, 2.05) is 11.3 Å². The smallest absolute Gasteiger partial charge is 0.0285 e. The van der Waals surface area contributed by atoms with Gasteiger partial charge in [-0.3, -0.25) is 0 Å². The lowest BCUT2D eigenvalue weighted by Gasteiger charge is -2.21. The normalized spacial score (nSPS) is 13.4. The van der Waals surface area contributed by atoms with Crippen molar-refractivity contribution in [1.82, 2.24) is 5.32 Å². The third-order valence-corrected chi connectivity index (χ3v) is 4.35. The van der Waals surface area contributed by atoms with E-state index in [4.69, 9.17) is 0 Å². The number of nitrogens with one attached hydrogen (secondary N) is 1. The van der Waals surface area contributed by atoms with Crippen molar-refractivity contribution in [3.05, 3.63) is 20.8 Å². The molecule has 15 heavy (non-hydrogen) atoms. The molecule has 1 atom stereocenters. The molecule has 0 saturated carbocycles. The zero-order chi connectivity index (χ0) is 11.3. The van der Waals surface area contributed by atoms with Crippen LogP contribution in [0.2, 0.25) is 0 Å². The summed E-state index contributed by atoms with van der Waals surface area (Å²) in [6, 6.07) is 2.88. The summed E-state index contributed by atoms with van der Waals surface area (Å²) in [5.74, 6) is 0.716. The monoisotopic (exact) mass is 289 g/mol. The fourth-order valence-corrected chi connectivity index (χ4v) is 3.19. The molecule has 3 heteroatoms. The number of thiophene rings is 1. The summed E-state index contributed by atoms with van der Waals surface area (Å²) < 4.78 is 1.21. The van der Waals surface area contributed by atoms with Gasteiger partial charge in [0.05, 0.1) is 0 Å². The van der Waals surface area contributed by atoms with Crippen molar-refractivity contribution in [2.24, 2.45) is 5.92 Å². The Kier molecular flexibility index (Phi) is 5.87. The van der Waals surface area contributed by atoms with Gasteiger partial charge in [0, 0.05) is 20.8 Å². The van der Waals surface area contributed by atoms with Gasteiger partial charge in [-0.1, -0.05) is 20.8 Å². The highest BCUT2D eigenvalue weighted by Crippen LogP contribution is 2.22. The van der Waals surface area contributed by atoms with Gasteiger partial charge in [-0.15, -0.1) is 11.3 Å². The average molecular weight is 290 g/mol. The summed E-state index contributed by atoms with van der Waals surface area (Å²) in [4.78, 5) is 1.48. The van der Waals surface area contributed by atoms with Gasteiger partial charge in [-0.2, -0.15) is 0 Å². The molecule has 0 radical (unpaired) electrons. The second-order valence-corrected chi connectivity index (χ2v) is 6.09. The van der Waals surface area contributed by atoms with E-state index in [1.54, 1.807) is 0 Å². The number of halogens is 1. The summed E-state index contributed by atoms with van der Waals surface area (Å²) in [5.41, 5.74) is 0. The number of hydrogen-bond donors (Lipinski definition) is 1. The summed E-state index contributed by atoms with van der Waals surface area (Å²) in [5, 5.41) is 5.71. The van der Waals surface area contributed by atoms with E-state index in [9.17, 15) is 0 Å². The first-order chi connectivity index (χ1) is 7.13. The van der Waals surface area contributed by atoms with E-state index in [1.165, 1.54) is 22.2 Å². The second-order valence-electron chi connectivity index (χ2n) is 4.18. The molecule has 1 aromatic rings. The summed E-state index contributed by atoms with van der Waals surface area (Å²) in [7, 11) is 0. The van der Waals surface area contributed by atoms with Gasteiger partial charge in [0.2, 0.25) is 0 Å². The topological polar surface area (TPSA) is 12.0 Å². The Morgan fingerprint density at radius 3 is 2.67 bits per heavy atom. The molecule has 1 nitrogen and oxygen atoms in total. The zero-order valence-electron chi connectivity index (χ0n) is 9.72. The van der Waals surface area contributed by atoms with E-state index in [-0.39, 0.29) is 0 Å². The Bertz CT molecular complexity index is 283. The van der Waals surface area contributed by atoms with Gasteiger partial charge in [0.15, 0.2) is 0 Å². The minimum Gasteiger partial charge on any atom is -0.314 e. The molecule has 0 aliphatic carbocycles. The van der Waals surface area contributed by atoms with Crippen molar-refractivity contribution >= 4 is 27.3 Å². The third-order valence-electron chi connectivity index (χ3n) is 2.59. The quantitative estimate of drug-likeness (QED) is 0.832. The fourth-order valence-electron chi connectivity index (χ4n) is 1.72. The van der Waals surface area contributed by atoms with Crippen molar-refractivity contribution in [2.75, 3.05) is 6.54 Å². The van der Waals surface area contributed by atoms with Crippen LogP contribution < -0.4 is 5.32 Å². The molecule has 0 saturated heterocycles. The minimum absolute atomic E-state index is 0.649. The van der Waals surface area contributed by atoms with Gasteiger partial charge in [-0.25, -0.2) is 0 Å². The van der Waals surface area contributed by atoms with Crippen LogP contribution in [0.25, 0.3) is 0 Å². The second kappa shape index (κ2) is 6.66. The van der Waals surface area contributed by atoms with Gasteiger partial charge < -0.3 is 5.32 Å². The highest BCUT2D eigenvalue weighted by molar-refractivity contribution is 9.10. The maximum absolute atomic E-state index is 3.55. The van der Waals surface area contributed by atoms with E-state index in [0.29, 0.717) is 12.0 Å². The Morgan fingerprint density at radius 1 is 1.47 bits per heavy atom.